The lowest BCUT2D eigenvalue weighted by Gasteiger charge is -2.46. The van der Waals surface area contributed by atoms with Crippen LogP contribution >= 0.6 is 0 Å². The summed E-state index contributed by atoms with van der Waals surface area (Å²) in [5.41, 5.74) is 7.93. The van der Waals surface area contributed by atoms with E-state index in [4.69, 9.17) is 17.0 Å². The number of rotatable bonds is 6. The molecule has 2 aromatic rings. The van der Waals surface area contributed by atoms with Crippen LogP contribution < -0.4 is 20.7 Å². The van der Waals surface area contributed by atoms with E-state index in [2.05, 4.69) is 22.1 Å². The zero-order chi connectivity index (χ0) is 21.3. The molecule has 1 aromatic carbocycles. The van der Waals surface area contributed by atoms with Crippen molar-refractivity contribution in [2.45, 2.75) is 38.8 Å². The van der Waals surface area contributed by atoms with E-state index < -0.39 is 0 Å². The molecule has 7 heteroatoms. The van der Waals surface area contributed by atoms with Crippen LogP contribution in [0.2, 0.25) is 0 Å². The molecule has 1 fully saturated rings. The van der Waals surface area contributed by atoms with Crippen LogP contribution in [0.4, 0.5) is 17.2 Å². The zero-order valence-electron chi connectivity index (χ0n) is 17.3. The molecule has 2 heterocycles. The normalized spacial score (nSPS) is 22.7. The number of amides is 1. The van der Waals surface area contributed by atoms with Crippen molar-refractivity contribution in [2.75, 3.05) is 23.4 Å². The fourth-order valence-electron chi connectivity index (χ4n) is 4.52. The molecule has 0 spiro atoms. The van der Waals surface area contributed by atoms with Gasteiger partial charge in [0.25, 0.3) is 0 Å². The quantitative estimate of drug-likeness (QED) is 0.712. The molecule has 0 unspecified atom stereocenters. The molecular weight excluding hydrogens is 378 g/mol. The molecule has 0 saturated heterocycles. The lowest BCUT2D eigenvalue weighted by Crippen LogP contribution is -2.51. The monoisotopic (exact) mass is 405 g/mol. The van der Waals surface area contributed by atoms with Gasteiger partial charge in [0.2, 0.25) is 11.8 Å². The first-order chi connectivity index (χ1) is 14.5. The Morgan fingerprint density at radius 1 is 1.37 bits per heavy atom. The van der Waals surface area contributed by atoms with E-state index in [9.17, 15) is 4.79 Å². The Kier molecular flexibility index (Phi) is 5.60. The van der Waals surface area contributed by atoms with Gasteiger partial charge in [0.15, 0.2) is 5.69 Å². The Morgan fingerprint density at radius 2 is 2.17 bits per heavy atom. The Balaban J connectivity index is 1.74. The highest BCUT2D eigenvalue weighted by Gasteiger charge is 2.47. The van der Waals surface area contributed by atoms with Crippen molar-refractivity contribution in [3.8, 4) is 5.88 Å². The van der Waals surface area contributed by atoms with E-state index in [1.165, 1.54) is 0 Å². The molecule has 1 aliphatic heterocycles. The van der Waals surface area contributed by atoms with Crippen molar-refractivity contribution in [3.05, 3.63) is 53.4 Å². The van der Waals surface area contributed by atoms with Crippen LogP contribution in [-0.2, 0) is 4.79 Å². The first kappa shape index (κ1) is 20.2. The van der Waals surface area contributed by atoms with Crippen molar-refractivity contribution in [1.29, 1.82) is 0 Å². The van der Waals surface area contributed by atoms with Crippen molar-refractivity contribution in [2.24, 2.45) is 17.6 Å². The summed E-state index contributed by atoms with van der Waals surface area (Å²) < 4.78 is 5.57. The number of hydrogen-bond donors (Lipinski definition) is 2. The van der Waals surface area contributed by atoms with Crippen LogP contribution in [-0.4, -0.2) is 30.1 Å². The number of hydrogen-bond acceptors (Lipinski definition) is 5. The second-order valence-electron chi connectivity index (χ2n) is 8.05. The summed E-state index contributed by atoms with van der Waals surface area (Å²) in [5, 5.41) is 3.56. The van der Waals surface area contributed by atoms with Crippen molar-refractivity contribution in [3.63, 3.8) is 0 Å². The van der Waals surface area contributed by atoms with Gasteiger partial charge in [0, 0.05) is 37.2 Å². The highest BCUT2D eigenvalue weighted by Crippen LogP contribution is 2.50. The maximum atomic E-state index is 12.6. The van der Waals surface area contributed by atoms with Crippen LogP contribution in [0, 0.1) is 18.4 Å². The molecule has 1 amide bonds. The number of fused-ring (bicyclic) bond motifs is 1. The van der Waals surface area contributed by atoms with Gasteiger partial charge in [-0.25, -0.2) is 4.85 Å². The lowest BCUT2D eigenvalue weighted by molar-refractivity contribution is -0.117. The molecule has 0 bridgehead atoms. The minimum Gasteiger partial charge on any atom is -0.476 e. The minimum absolute atomic E-state index is 0.0457. The van der Waals surface area contributed by atoms with Gasteiger partial charge in [0.1, 0.15) is 12.4 Å². The third kappa shape index (κ3) is 3.83. The molecule has 1 aliphatic carbocycles. The molecule has 4 rings (SSSR count). The minimum atomic E-state index is -0.0693. The van der Waals surface area contributed by atoms with E-state index in [1.807, 2.05) is 29.2 Å². The van der Waals surface area contributed by atoms with Crippen molar-refractivity contribution in [1.82, 2.24) is 4.98 Å². The summed E-state index contributed by atoms with van der Waals surface area (Å²) >= 11 is 0. The highest BCUT2D eigenvalue weighted by molar-refractivity contribution is 5.94. The molecule has 2 aliphatic rings. The van der Waals surface area contributed by atoms with E-state index >= 15 is 0 Å². The summed E-state index contributed by atoms with van der Waals surface area (Å²) in [6.45, 7) is 12.1. The van der Waals surface area contributed by atoms with Gasteiger partial charge in [-0.15, -0.1) is 0 Å². The molecule has 7 nitrogen and oxygen atoms in total. The van der Waals surface area contributed by atoms with Crippen LogP contribution in [0.1, 0.15) is 38.3 Å². The van der Waals surface area contributed by atoms with Crippen LogP contribution in [0.3, 0.4) is 0 Å². The number of benzene rings is 1. The Hall–Kier alpha value is -3.11. The second-order valence-corrected chi connectivity index (χ2v) is 8.05. The van der Waals surface area contributed by atoms with E-state index in [0.29, 0.717) is 36.5 Å². The van der Waals surface area contributed by atoms with Crippen molar-refractivity contribution >= 4 is 23.1 Å². The Labute approximate surface area is 177 Å². The average molecular weight is 406 g/mol. The standard InChI is InChI=1S/C23H27N5O2/c1-14-22(27-20-5-4-6-21(26-20)30-12-11-24)18-13-17(25-3)9-10-19(18)28(15(2)29)23(14)16-7-8-16/h4-6,9-10,13-14,16,22-23H,7-8,11-12,24H2,1-2H3,(H,26,27)/t14-,22-,23-/m1/s1. The number of ether oxygens (including phenoxy) is 1. The second kappa shape index (κ2) is 8.33. The summed E-state index contributed by atoms with van der Waals surface area (Å²) in [4.78, 5) is 22.7. The largest absolute Gasteiger partial charge is 0.476 e. The fourth-order valence-corrected chi connectivity index (χ4v) is 4.52. The van der Waals surface area contributed by atoms with Gasteiger partial charge in [-0.05, 0) is 42.5 Å². The average Bonchev–Trinajstić information content (AvgIpc) is 3.58. The maximum absolute atomic E-state index is 12.6. The smallest absolute Gasteiger partial charge is 0.224 e. The third-order valence-electron chi connectivity index (χ3n) is 5.94. The molecule has 3 atom stereocenters. The van der Waals surface area contributed by atoms with Crippen LogP contribution in [0.5, 0.6) is 5.88 Å². The first-order valence-corrected chi connectivity index (χ1v) is 10.4. The molecule has 156 valence electrons. The Bertz CT molecular complexity index is 982. The highest BCUT2D eigenvalue weighted by atomic mass is 16.5. The number of nitrogens with one attached hydrogen (secondary N) is 1. The molecule has 0 radical (unpaired) electrons. The number of carbonyl (C=O) groups excluding carboxylic acids is 1. The number of nitrogens with two attached hydrogens (primary N) is 1. The van der Waals surface area contributed by atoms with Gasteiger partial charge >= 0.3 is 0 Å². The summed E-state index contributed by atoms with van der Waals surface area (Å²) in [5.74, 6) is 1.93. The number of carbonyl (C=O) groups is 1. The molecular formula is C23H27N5O2. The van der Waals surface area contributed by atoms with E-state index in [-0.39, 0.29) is 23.9 Å². The lowest BCUT2D eigenvalue weighted by atomic mass is 9.79. The number of anilines is 2. The molecule has 30 heavy (non-hydrogen) atoms. The summed E-state index contributed by atoms with van der Waals surface area (Å²) in [7, 11) is 0. The summed E-state index contributed by atoms with van der Waals surface area (Å²) in [6, 6.07) is 11.3. The molecule has 1 saturated carbocycles. The zero-order valence-corrected chi connectivity index (χ0v) is 17.3. The fraction of sp³-hybridized carbons (Fsp3) is 0.435. The molecule has 1 aromatic heterocycles. The first-order valence-electron chi connectivity index (χ1n) is 10.4. The predicted molar refractivity (Wildman–Crippen MR) is 117 cm³/mol. The van der Waals surface area contributed by atoms with Crippen LogP contribution in [0.25, 0.3) is 4.85 Å². The molecule has 3 N–H and O–H groups in total. The van der Waals surface area contributed by atoms with E-state index in [0.717, 1.165) is 24.1 Å². The van der Waals surface area contributed by atoms with Gasteiger partial charge in [0.05, 0.1) is 12.6 Å². The summed E-state index contributed by atoms with van der Waals surface area (Å²) in [6.07, 6.45) is 2.28. The van der Waals surface area contributed by atoms with Gasteiger partial charge < -0.3 is 20.7 Å². The van der Waals surface area contributed by atoms with Gasteiger partial charge in [-0.1, -0.05) is 19.1 Å². The Morgan fingerprint density at radius 3 is 2.83 bits per heavy atom. The van der Waals surface area contributed by atoms with E-state index in [1.54, 1.807) is 19.1 Å². The van der Waals surface area contributed by atoms with Crippen LogP contribution in [0.15, 0.2) is 36.4 Å². The third-order valence-corrected chi connectivity index (χ3v) is 5.94. The van der Waals surface area contributed by atoms with Gasteiger partial charge in [-0.2, -0.15) is 4.98 Å². The SMILES string of the molecule is [C-]#[N+]c1ccc2c(c1)[C@H](Nc1cccc(OCCN)n1)[C@@H](C)[C@H](C1CC1)N2C(C)=O. The number of pyridine rings is 1. The topological polar surface area (TPSA) is 84.8 Å². The van der Waals surface area contributed by atoms with Crippen molar-refractivity contribution < 1.29 is 9.53 Å². The number of nitrogens with zero attached hydrogens (tertiary/aromatic N) is 3. The maximum Gasteiger partial charge on any atom is 0.224 e. The van der Waals surface area contributed by atoms with Gasteiger partial charge in [-0.3, -0.25) is 4.79 Å². The number of aromatic nitrogens is 1. The predicted octanol–water partition coefficient (Wildman–Crippen LogP) is 3.90.